The minimum atomic E-state index is -0.258. The van der Waals surface area contributed by atoms with Crippen LogP contribution in [-0.2, 0) is 6.42 Å². The first-order valence-electron chi connectivity index (χ1n) is 10.7. The summed E-state index contributed by atoms with van der Waals surface area (Å²) >= 11 is 0. The smallest absolute Gasteiger partial charge is 0.273 e. The second kappa shape index (κ2) is 7.90. The number of nitrogens with one attached hydrogen (secondary N) is 1. The number of fused-ring (bicyclic) bond motifs is 1. The summed E-state index contributed by atoms with van der Waals surface area (Å²) in [7, 11) is 4.25. The molecule has 5 nitrogen and oxygen atoms in total. The van der Waals surface area contributed by atoms with Crippen LogP contribution >= 0.6 is 0 Å². The van der Waals surface area contributed by atoms with Crippen LogP contribution in [0.2, 0.25) is 0 Å². The van der Waals surface area contributed by atoms with Crippen molar-refractivity contribution < 1.29 is 9.18 Å². The average molecular weight is 399 g/mol. The van der Waals surface area contributed by atoms with Crippen molar-refractivity contribution in [1.29, 1.82) is 0 Å². The summed E-state index contributed by atoms with van der Waals surface area (Å²) in [5.41, 5.74) is 3.52. The third kappa shape index (κ3) is 3.70. The molecule has 1 amide bonds. The monoisotopic (exact) mass is 398 g/mol. The zero-order valence-corrected chi connectivity index (χ0v) is 17.8. The van der Waals surface area contributed by atoms with Gasteiger partial charge in [0.05, 0.1) is 11.7 Å². The fourth-order valence-electron chi connectivity index (χ4n) is 4.98. The van der Waals surface area contributed by atoms with Crippen molar-refractivity contribution in [2.45, 2.75) is 64.1 Å². The number of carbonyl (C=O) groups is 1. The lowest BCUT2D eigenvalue weighted by Gasteiger charge is -2.40. The zero-order chi connectivity index (χ0) is 20.7. The molecule has 1 aromatic carbocycles. The molecule has 2 heterocycles. The van der Waals surface area contributed by atoms with E-state index < -0.39 is 0 Å². The minimum Gasteiger partial charge on any atom is -0.323 e. The van der Waals surface area contributed by atoms with Crippen molar-refractivity contribution in [3.63, 3.8) is 0 Å². The van der Waals surface area contributed by atoms with Crippen LogP contribution in [0, 0.1) is 11.7 Å². The van der Waals surface area contributed by atoms with Gasteiger partial charge in [-0.3, -0.25) is 9.89 Å². The van der Waals surface area contributed by atoms with Crippen LogP contribution in [-0.4, -0.2) is 52.1 Å². The van der Waals surface area contributed by atoms with Gasteiger partial charge in [0.2, 0.25) is 0 Å². The van der Waals surface area contributed by atoms with Crippen LogP contribution in [0.1, 0.15) is 72.9 Å². The van der Waals surface area contributed by atoms with Crippen molar-refractivity contribution >= 4 is 5.91 Å². The molecule has 1 N–H and O–H groups in total. The summed E-state index contributed by atoms with van der Waals surface area (Å²) in [6.45, 7) is 4.32. The van der Waals surface area contributed by atoms with Crippen LogP contribution in [0.4, 0.5) is 4.39 Å². The van der Waals surface area contributed by atoms with E-state index in [0.29, 0.717) is 17.7 Å². The molecule has 1 aliphatic carbocycles. The maximum absolute atomic E-state index is 13.6. The van der Waals surface area contributed by atoms with E-state index >= 15 is 0 Å². The Labute approximate surface area is 172 Å². The predicted molar refractivity (Wildman–Crippen MR) is 111 cm³/mol. The molecule has 0 radical (unpaired) electrons. The topological polar surface area (TPSA) is 52.2 Å². The van der Waals surface area contributed by atoms with Gasteiger partial charge in [-0.2, -0.15) is 5.10 Å². The summed E-state index contributed by atoms with van der Waals surface area (Å²) in [4.78, 5) is 17.8. The summed E-state index contributed by atoms with van der Waals surface area (Å²) < 4.78 is 13.6. The normalized spacial score (nSPS) is 24.6. The minimum absolute atomic E-state index is 0.0325. The number of hydrogen-bond acceptors (Lipinski definition) is 3. The number of halogens is 1. The van der Waals surface area contributed by atoms with Gasteiger partial charge in [-0.1, -0.05) is 26.0 Å². The number of aromatic amines is 1. The van der Waals surface area contributed by atoms with Crippen molar-refractivity contribution in [3.05, 3.63) is 52.6 Å². The maximum atomic E-state index is 13.6. The maximum Gasteiger partial charge on any atom is 0.273 e. The van der Waals surface area contributed by atoms with Gasteiger partial charge in [-0.05, 0) is 69.8 Å². The summed E-state index contributed by atoms with van der Waals surface area (Å²) in [6, 6.07) is 7.18. The summed E-state index contributed by atoms with van der Waals surface area (Å²) in [5.74, 6) is 0.215. The first kappa shape index (κ1) is 20.1. The molecule has 2 aliphatic rings. The van der Waals surface area contributed by atoms with E-state index in [0.717, 1.165) is 48.9 Å². The molecule has 4 rings (SSSR count). The molecule has 6 heteroatoms. The van der Waals surface area contributed by atoms with E-state index in [2.05, 4.69) is 43.0 Å². The van der Waals surface area contributed by atoms with Crippen LogP contribution in [0.25, 0.3) is 0 Å². The molecule has 1 saturated carbocycles. The van der Waals surface area contributed by atoms with Gasteiger partial charge < -0.3 is 9.80 Å². The van der Waals surface area contributed by atoms with E-state index in [4.69, 9.17) is 0 Å². The Balaban J connectivity index is 1.71. The highest BCUT2D eigenvalue weighted by atomic mass is 19.1. The van der Waals surface area contributed by atoms with Crippen LogP contribution in [0.5, 0.6) is 0 Å². The molecule has 0 spiro atoms. The molecule has 1 aliphatic heterocycles. The van der Waals surface area contributed by atoms with Crippen LogP contribution in [0.15, 0.2) is 24.3 Å². The average Bonchev–Trinajstić information content (AvgIpc) is 3.21. The fraction of sp³-hybridized carbons (Fsp3) is 0.565. The second-order valence-corrected chi connectivity index (χ2v) is 9.15. The number of amides is 1. The molecule has 1 atom stereocenters. The second-order valence-electron chi connectivity index (χ2n) is 9.15. The zero-order valence-electron chi connectivity index (χ0n) is 17.8. The van der Waals surface area contributed by atoms with Gasteiger partial charge in [0.1, 0.15) is 11.5 Å². The fourth-order valence-corrected chi connectivity index (χ4v) is 4.98. The Morgan fingerprint density at radius 3 is 2.41 bits per heavy atom. The Bertz CT molecular complexity index is 866. The van der Waals surface area contributed by atoms with E-state index in [9.17, 15) is 9.18 Å². The molecule has 0 unspecified atom stereocenters. The van der Waals surface area contributed by atoms with Gasteiger partial charge in [0, 0.05) is 17.6 Å². The number of aromatic nitrogens is 2. The standard InChI is InChI=1S/C23H31FN4O/c1-14(2)13-19-20-21(26-25-19)23(29)28(18-11-9-17(10-12-18)27(3)4)22(20)15-5-7-16(24)8-6-15/h5-8,14,17-18,22H,9-13H2,1-4H3,(H,25,26)/t17-,18-,22-/m1/s1. The first-order valence-corrected chi connectivity index (χ1v) is 10.7. The van der Waals surface area contributed by atoms with E-state index in [1.54, 1.807) is 0 Å². The Hall–Kier alpha value is -2.21. The van der Waals surface area contributed by atoms with Gasteiger partial charge >= 0.3 is 0 Å². The highest BCUT2D eigenvalue weighted by Gasteiger charge is 2.45. The molecule has 2 aromatic rings. The predicted octanol–water partition coefficient (Wildman–Crippen LogP) is 4.17. The number of H-pyrrole nitrogens is 1. The highest BCUT2D eigenvalue weighted by Crippen LogP contribution is 2.44. The van der Waals surface area contributed by atoms with E-state index in [-0.39, 0.29) is 23.8 Å². The van der Waals surface area contributed by atoms with Crippen LogP contribution in [0.3, 0.4) is 0 Å². The van der Waals surface area contributed by atoms with Crippen molar-refractivity contribution in [2.24, 2.45) is 5.92 Å². The van der Waals surface area contributed by atoms with Crippen LogP contribution < -0.4 is 0 Å². The Kier molecular flexibility index (Phi) is 5.47. The molecule has 1 aromatic heterocycles. The van der Waals surface area contributed by atoms with Crippen molar-refractivity contribution in [2.75, 3.05) is 14.1 Å². The van der Waals surface area contributed by atoms with E-state index in [1.165, 1.54) is 12.1 Å². The summed E-state index contributed by atoms with van der Waals surface area (Å²) in [6.07, 6.45) is 4.97. The van der Waals surface area contributed by atoms with E-state index in [1.807, 2.05) is 17.0 Å². The third-order valence-corrected chi connectivity index (χ3v) is 6.46. The number of rotatable bonds is 5. The van der Waals surface area contributed by atoms with Gasteiger partial charge in [0.15, 0.2) is 0 Å². The third-order valence-electron chi connectivity index (χ3n) is 6.46. The molecule has 0 saturated heterocycles. The molecule has 0 bridgehead atoms. The number of carbonyl (C=O) groups excluding carboxylic acids is 1. The number of hydrogen-bond donors (Lipinski definition) is 1. The van der Waals surface area contributed by atoms with Crippen molar-refractivity contribution in [1.82, 2.24) is 20.0 Å². The molecule has 29 heavy (non-hydrogen) atoms. The number of benzene rings is 1. The molecular weight excluding hydrogens is 367 g/mol. The quantitative estimate of drug-likeness (QED) is 0.823. The van der Waals surface area contributed by atoms with Gasteiger partial charge in [-0.15, -0.1) is 0 Å². The van der Waals surface area contributed by atoms with Crippen molar-refractivity contribution in [3.8, 4) is 0 Å². The van der Waals surface area contributed by atoms with Gasteiger partial charge in [-0.25, -0.2) is 4.39 Å². The lowest BCUT2D eigenvalue weighted by atomic mass is 9.88. The molecule has 1 fully saturated rings. The molecular formula is C23H31FN4O. The largest absolute Gasteiger partial charge is 0.323 e. The SMILES string of the molecule is CC(C)Cc1n[nH]c2c1[C@@H](c1ccc(F)cc1)N([C@H]1CC[C@H](N(C)C)CC1)C2=O. The first-order chi connectivity index (χ1) is 13.9. The molecule has 156 valence electrons. The number of nitrogens with zero attached hydrogens (tertiary/aromatic N) is 3. The Morgan fingerprint density at radius 2 is 1.83 bits per heavy atom. The Morgan fingerprint density at radius 1 is 1.17 bits per heavy atom. The van der Waals surface area contributed by atoms with Gasteiger partial charge in [0.25, 0.3) is 5.91 Å². The summed E-state index contributed by atoms with van der Waals surface area (Å²) in [5, 5.41) is 7.51. The lowest BCUT2D eigenvalue weighted by Crippen LogP contribution is -2.44. The highest BCUT2D eigenvalue weighted by molar-refractivity contribution is 5.98. The lowest BCUT2D eigenvalue weighted by molar-refractivity contribution is 0.0557.